The molecule has 2 aromatic heterocycles. The van der Waals surface area contributed by atoms with E-state index in [0.717, 1.165) is 70.2 Å². The molecule has 0 radical (unpaired) electrons. The van der Waals surface area contributed by atoms with Gasteiger partial charge in [-0.1, -0.05) is 0 Å². The first kappa shape index (κ1) is 18.8. The molecule has 2 fully saturated rings. The number of pyridine rings is 1. The fourth-order valence-electron chi connectivity index (χ4n) is 4.08. The topological polar surface area (TPSA) is 65.5 Å². The normalized spacial score (nSPS) is 21.0. The van der Waals surface area contributed by atoms with Gasteiger partial charge in [-0.2, -0.15) is 5.10 Å². The molecule has 0 spiro atoms. The van der Waals surface area contributed by atoms with Crippen LogP contribution in [0.25, 0.3) is 0 Å². The van der Waals surface area contributed by atoms with Gasteiger partial charge < -0.3 is 9.80 Å². The molecule has 0 saturated carbocycles. The van der Waals surface area contributed by atoms with Gasteiger partial charge in [0.15, 0.2) is 5.82 Å². The van der Waals surface area contributed by atoms with E-state index in [9.17, 15) is 4.79 Å². The first-order chi connectivity index (χ1) is 13.7. The van der Waals surface area contributed by atoms with Crippen molar-refractivity contribution in [2.75, 3.05) is 44.2 Å². The number of hydrogen-bond acceptors (Lipinski definition) is 6. The maximum atomic E-state index is 13.1. The number of rotatable bonds is 4. The maximum absolute atomic E-state index is 13.1. The number of nitrogens with zero attached hydrogens (tertiary/aromatic N) is 6. The first-order valence-corrected chi connectivity index (χ1v) is 10.1. The van der Waals surface area contributed by atoms with E-state index in [-0.39, 0.29) is 5.92 Å². The van der Waals surface area contributed by atoms with Gasteiger partial charge in [-0.25, -0.2) is 0 Å². The minimum absolute atomic E-state index is 0.0589. The van der Waals surface area contributed by atoms with Crippen molar-refractivity contribution in [2.24, 2.45) is 5.92 Å². The van der Waals surface area contributed by atoms with Crippen molar-refractivity contribution in [3.05, 3.63) is 47.9 Å². The van der Waals surface area contributed by atoms with Crippen LogP contribution in [0.5, 0.6) is 0 Å². The van der Waals surface area contributed by atoms with Gasteiger partial charge in [0.1, 0.15) is 0 Å². The summed E-state index contributed by atoms with van der Waals surface area (Å²) in [5.41, 5.74) is 2.19. The molecule has 1 atom stereocenters. The Morgan fingerprint density at radius 1 is 1.04 bits per heavy atom. The molecule has 4 heterocycles. The van der Waals surface area contributed by atoms with Crippen LogP contribution in [0, 0.1) is 12.8 Å². The fraction of sp³-hybridized carbons (Fsp3) is 0.524. The Morgan fingerprint density at radius 2 is 1.82 bits per heavy atom. The average Bonchev–Trinajstić information content (AvgIpc) is 2.75. The zero-order valence-corrected chi connectivity index (χ0v) is 16.5. The lowest BCUT2D eigenvalue weighted by atomic mass is 9.96. The molecular formula is C21H28N6O. The van der Waals surface area contributed by atoms with Crippen LogP contribution in [-0.4, -0.2) is 70.2 Å². The Kier molecular flexibility index (Phi) is 5.81. The highest BCUT2D eigenvalue weighted by Gasteiger charge is 2.31. The number of carbonyl (C=O) groups is 1. The maximum Gasteiger partial charge on any atom is 0.227 e. The van der Waals surface area contributed by atoms with Gasteiger partial charge in [0, 0.05) is 58.2 Å². The highest BCUT2D eigenvalue weighted by Crippen LogP contribution is 2.23. The SMILES string of the molecule is Cc1ccc(N2CCCC(C(=O)N3CCN(Cc4ccncc4)CC3)C2)nn1. The molecule has 28 heavy (non-hydrogen) atoms. The molecule has 0 aromatic carbocycles. The summed E-state index contributed by atoms with van der Waals surface area (Å²) in [6.45, 7) is 8.02. The average molecular weight is 380 g/mol. The summed E-state index contributed by atoms with van der Waals surface area (Å²) in [4.78, 5) is 23.8. The third-order valence-corrected chi connectivity index (χ3v) is 5.72. The van der Waals surface area contributed by atoms with E-state index >= 15 is 0 Å². The van der Waals surface area contributed by atoms with Gasteiger partial charge in [-0.3, -0.25) is 14.7 Å². The van der Waals surface area contributed by atoms with Crippen LogP contribution in [0.1, 0.15) is 24.1 Å². The number of aromatic nitrogens is 3. The summed E-state index contributed by atoms with van der Waals surface area (Å²) in [5.74, 6) is 1.24. The van der Waals surface area contributed by atoms with Crippen LogP contribution in [0.4, 0.5) is 5.82 Å². The molecular weight excluding hydrogens is 352 g/mol. The van der Waals surface area contributed by atoms with Crippen molar-refractivity contribution < 1.29 is 4.79 Å². The zero-order chi connectivity index (χ0) is 19.3. The van der Waals surface area contributed by atoms with Crippen LogP contribution < -0.4 is 4.90 Å². The number of carbonyl (C=O) groups excluding carboxylic acids is 1. The van der Waals surface area contributed by atoms with Crippen LogP contribution in [0.3, 0.4) is 0 Å². The van der Waals surface area contributed by atoms with E-state index in [2.05, 4.69) is 42.0 Å². The Hall–Kier alpha value is -2.54. The molecule has 148 valence electrons. The summed E-state index contributed by atoms with van der Waals surface area (Å²) < 4.78 is 0. The zero-order valence-electron chi connectivity index (χ0n) is 16.5. The molecule has 1 unspecified atom stereocenters. The molecule has 0 N–H and O–H groups in total. The van der Waals surface area contributed by atoms with Gasteiger partial charge >= 0.3 is 0 Å². The fourth-order valence-corrected chi connectivity index (χ4v) is 4.08. The Morgan fingerprint density at radius 3 is 2.54 bits per heavy atom. The predicted octanol–water partition coefficient (Wildman–Crippen LogP) is 1.74. The molecule has 7 heteroatoms. The van der Waals surface area contributed by atoms with Gasteiger partial charge in [0.05, 0.1) is 11.6 Å². The van der Waals surface area contributed by atoms with Crippen LogP contribution in [0.15, 0.2) is 36.7 Å². The van der Waals surface area contributed by atoms with E-state index in [1.54, 1.807) is 0 Å². The van der Waals surface area contributed by atoms with Crippen molar-refractivity contribution in [3.63, 3.8) is 0 Å². The number of amides is 1. The standard InChI is InChI=1S/C21H28N6O/c1-17-4-5-20(24-23-17)27-10-2-3-19(16-27)21(28)26-13-11-25(12-14-26)15-18-6-8-22-9-7-18/h4-9,19H,2-3,10-16H2,1H3. The Bertz CT molecular complexity index is 773. The van der Waals surface area contributed by atoms with Crippen LogP contribution >= 0.6 is 0 Å². The summed E-state index contributed by atoms with van der Waals surface area (Å²) in [6, 6.07) is 8.10. The summed E-state index contributed by atoms with van der Waals surface area (Å²) in [6.07, 6.45) is 5.66. The van der Waals surface area contributed by atoms with E-state index in [4.69, 9.17) is 0 Å². The largest absolute Gasteiger partial charge is 0.354 e. The summed E-state index contributed by atoms with van der Waals surface area (Å²) in [5, 5.41) is 8.46. The van der Waals surface area contributed by atoms with Crippen molar-refractivity contribution in [3.8, 4) is 0 Å². The molecule has 1 amide bonds. The summed E-state index contributed by atoms with van der Waals surface area (Å²) >= 11 is 0. The number of aryl methyl sites for hydroxylation is 1. The van der Waals surface area contributed by atoms with E-state index in [0.29, 0.717) is 5.91 Å². The second-order valence-electron chi connectivity index (χ2n) is 7.77. The molecule has 2 aliphatic heterocycles. The minimum atomic E-state index is 0.0589. The van der Waals surface area contributed by atoms with Gasteiger partial charge in [0.25, 0.3) is 0 Å². The van der Waals surface area contributed by atoms with Gasteiger partial charge in [0.2, 0.25) is 5.91 Å². The number of piperidine rings is 1. The van der Waals surface area contributed by atoms with Crippen LogP contribution in [0.2, 0.25) is 0 Å². The molecule has 0 bridgehead atoms. The molecule has 7 nitrogen and oxygen atoms in total. The van der Waals surface area contributed by atoms with Crippen molar-refractivity contribution in [2.45, 2.75) is 26.3 Å². The number of hydrogen-bond donors (Lipinski definition) is 0. The molecule has 2 aromatic rings. The highest BCUT2D eigenvalue weighted by atomic mass is 16.2. The number of piperazine rings is 1. The highest BCUT2D eigenvalue weighted by molar-refractivity contribution is 5.80. The van der Waals surface area contributed by atoms with E-state index < -0.39 is 0 Å². The second-order valence-corrected chi connectivity index (χ2v) is 7.77. The Labute approximate surface area is 166 Å². The van der Waals surface area contributed by atoms with Gasteiger partial charge in [-0.15, -0.1) is 5.10 Å². The lowest BCUT2D eigenvalue weighted by Crippen LogP contribution is -2.52. The minimum Gasteiger partial charge on any atom is -0.354 e. The monoisotopic (exact) mass is 380 g/mol. The Balaban J connectivity index is 1.30. The van der Waals surface area contributed by atoms with Crippen molar-refractivity contribution >= 4 is 11.7 Å². The summed E-state index contributed by atoms with van der Waals surface area (Å²) in [7, 11) is 0. The lowest BCUT2D eigenvalue weighted by Gasteiger charge is -2.39. The third kappa shape index (κ3) is 4.47. The second kappa shape index (κ2) is 8.65. The molecule has 2 saturated heterocycles. The van der Waals surface area contributed by atoms with Gasteiger partial charge in [-0.05, 0) is 49.6 Å². The quantitative estimate of drug-likeness (QED) is 0.805. The van der Waals surface area contributed by atoms with Crippen LogP contribution in [-0.2, 0) is 11.3 Å². The molecule has 4 rings (SSSR count). The van der Waals surface area contributed by atoms with Crippen molar-refractivity contribution in [1.29, 1.82) is 0 Å². The van der Waals surface area contributed by atoms with Crippen molar-refractivity contribution in [1.82, 2.24) is 25.0 Å². The van der Waals surface area contributed by atoms with E-state index in [1.807, 2.05) is 31.5 Å². The molecule has 0 aliphatic carbocycles. The third-order valence-electron chi connectivity index (χ3n) is 5.72. The first-order valence-electron chi connectivity index (χ1n) is 10.1. The van der Waals surface area contributed by atoms with E-state index in [1.165, 1.54) is 5.56 Å². The number of anilines is 1. The lowest BCUT2D eigenvalue weighted by molar-refractivity contribution is -0.137. The molecule has 2 aliphatic rings. The predicted molar refractivity (Wildman–Crippen MR) is 108 cm³/mol. The smallest absolute Gasteiger partial charge is 0.227 e.